The number of nitrogens with one attached hydrogen (secondary N) is 1. The lowest BCUT2D eigenvalue weighted by molar-refractivity contribution is -0.384. The van der Waals surface area contributed by atoms with Gasteiger partial charge in [-0.3, -0.25) is 19.9 Å². The van der Waals surface area contributed by atoms with Crippen LogP contribution in [-0.4, -0.2) is 19.6 Å². The maximum absolute atomic E-state index is 13.3. The number of nitro groups is 1. The van der Waals surface area contributed by atoms with Crippen LogP contribution in [0, 0.1) is 15.9 Å². The highest BCUT2D eigenvalue weighted by Gasteiger charge is 2.19. The van der Waals surface area contributed by atoms with Crippen LogP contribution in [0.15, 0.2) is 27.8 Å². The summed E-state index contributed by atoms with van der Waals surface area (Å²) in [6.07, 6.45) is 0. The molecule has 0 amide bonds. The van der Waals surface area contributed by atoms with E-state index >= 15 is 0 Å². The zero-order valence-corrected chi connectivity index (χ0v) is 10.2. The van der Waals surface area contributed by atoms with Gasteiger partial charge in [-0.25, -0.2) is 9.36 Å². The quantitative estimate of drug-likeness (QED) is 0.632. The number of aromatic nitrogens is 2. The van der Waals surface area contributed by atoms with E-state index in [4.69, 9.17) is 11.6 Å². The third-order valence-electron chi connectivity index (χ3n) is 2.41. The van der Waals surface area contributed by atoms with Gasteiger partial charge in [0.05, 0.1) is 15.6 Å². The van der Waals surface area contributed by atoms with Crippen molar-refractivity contribution in [2.45, 2.75) is 0 Å². The number of halogens is 2. The van der Waals surface area contributed by atoms with Crippen LogP contribution in [-0.2, 0) is 0 Å². The topological polar surface area (TPSA) is 118 Å². The van der Waals surface area contributed by atoms with Crippen LogP contribution >= 0.6 is 11.6 Å². The number of nitro benzene ring substituents is 1. The van der Waals surface area contributed by atoms with Gasteiger partial charge in [-0.05, 0) is 6.07 Å². The minimum absolute atomic E-state index is 0.153. The van der Waals surface area contributed by atoms with Gasteiger partial charge in [-0.15, -0.1) is 0 Å². The van der Waals surface area contributed by atoms with Crippen molar-refractivity contribution >= 4 is 17.3 Å². The van der Waals surface area contributed by atoms with Crippen LogP contribution < -0.4 is 11.2 Å². The lowest BCUT2D eigenvalue weighted by Gasteiger charge is -2.09. The molecule has 0 saturated carbocycles. The number of rotatable bonds is 2. The fourth-order valence-electron chi connectivity index (χ4n) is 1.51. The predicted molar refractivity (Wildman–Crippen MR) is 65.9 cm³/mol. The number of nitrogens with zero attached hydrogens (tertiary/aromatic N) is 2. The number of benzene rings is 1. The summed E-state index contributed by atoms with van der Waals surface area (Å²) in [5.41, 5.74) is -3.36. The van der Waals surface area contributed by atoms with Crippen molar-refractivity contribution in [1.82, 2.24) is 9.55 Å². The summed E-state index contributed by atoms with van der Waals surface area (Å²) in [5.74, 6) is -2.90. The van der Waals surface area contributed by atoms with Gasteiger partial charge >= 0.3 is 5.69 Å². The Kier molecular flexibility index (Phi) is 3.28. The first-order chi connectivity index (χ1) is 9.32. The number of hydrogen-bond donors (Lipinski definition) is 2. The van der Waals surface area contributed by atoms with E-state index < -0.39 is 33.6 Å². The first-order valence-electron chi connectivity index (χ1n) is 5.01. The van der Waals surface area contributed by atoms with Gasteiger partial charge in [-0.1, -0.05) is 11.6 Å². The molecule has 2 N–H and O–H groups in total. The maximum atomic E-state index is 13.3. The first kappa shape index (κ1) is 13.7. The molecule has 20 heavy (non-hydrogen) atoms. The SMILES string of the molecule is O=c1[nH]c(=O)n(-c2cc([N+](=O)[O-])ccc2Cl)c(O)c1F. The summed E-state index contributed by atoms with van der Waals surface area (Å²) >= 11 is 5.76. The Bertz CT molecular complexity index is 829. The molecule has 0 bridgehead atoms. The van der Waals surface area contributed by atoms with Crippen LogP contribution in [0.25, 0.3) is 5.69 Å². The van der Waals surface area contributed by atoms with E-state index in [1.54, 1.807) is 4.98 Å². The molecular formula is C10H5ClFN3O5. The molecule has 2 aromatic rings. The largest absolute Gasteiger partial charge is 0.492 e. The Hall–Kier alpha value is -2.68. The molecule has 2 rings (SSSR count). The van der Waals surface area contributed by atoms with Gasteiger partial charge in [0.25, 0.3) is 11.2 Å². The Morgan fingerprint density at radius 2 is 2.05 bits per heavy atom. The molecule has 1 heterocycles. The van der Waals surface area contributed by atoms with Crippen molar-refractivity contribution in [3.05, 3.63) is 60.0 Å². The van der Waals surface area contributed by atoms with Crippen molar-refractivity contribution in [3.63, 3.8) is 0 Å². The van der Waals surface area contributed by atoms with Gasteiger partial charge in [0, 0.05) is 12.1 Å². The molecule has 0 aliphatic rings. The van der Waals surface area contributed by atoms with Gasteiger partial charge < -0.3 is 5.11 Å². The monoisotopic (exact) mass is 301 g/mol. The Balaban J connectivity index is 2.85. The van der Waals surface area contributed by atoms with Crippen molar-refractivity contribution in [1.29, 1.82) is 0 Å². The molecule has 0 saturated heterocycles. The minimum atomic E-state index is -1.60. The molecule has 0 spiro atoms. The van der Waals surface area contributed by atoms with E-state index in [0.717, 1.165) is 18.2 Å². The third-order valence-corrected chi connectivity index (χ3v) is 2.73. The predicted octanol–water partition coefficient (Wildman–Crippen LogP) is 0.932. The molecule has 0 atom stereocenters. The summed E-state index contributed by atoms with van der Waals surface area (Å²) in [5, 5.41) is 20.0. The zero-order valence-electron chi connectivity index (χ0n) is 9.46. The highest BCUT2D eigenvalue weighted by Crippen LogP contribution is 2.27. The molecule has 104 valence electrons. The summed E-state index contributed by atoms with van der Waals surface area (Å²) < 4.78 is 13.6. The number of hydrogen-bond acceptors (Lipinski definition) is 5. The van der Waals surface area contributed by atoms with E-state index in [9.17, 15) is 29.2 Å². The fraction of sp³-hybridized carbons (Fsp3) is 0. The van der Waals surface area contributed by atoms with Crippen molar-refractivity contribution < 1.29 is 14.4 Å². The average Bonchev–Trinajstić information content (AvgIpc) is 2.38. The van der Waals surface area contributed by atoms with Gasteiger partial charge in [0.2, 0.25) is 11.7 Å². The summed E-state index contributed by atoms with van der Waals surface area (Å²) in [6, 6.07) is 3.03. The molecule has 1 aromatic heterocycles. The van der Waals surface area contributed by atoms with Crippen LogP contribution in [0.5, 0.6) is 5.88 Å². The third kappa shape index (κ3) is 2.14. The smallest absolute Gasteiger partial charge is 0.335 e. The van der Waals surface area contributed by atoms with Crippen molar-refractivity contribution in [2.24, 2.45) is 0 Å². The molecule has 0 radical (unpaired) electrons. The van der Waals surface area contributed by atoms with Gasteiger partial charge in [0.15, 0.2) is 0 Å². The summed E-state index contributed by atoms with van der Waals surface area (Å²) in [7, 11) is 0. The second-order valence-corrected chi connectivity index (χ2v) is 4.03. The van der Waals surface area contributed by atoms with Crippen LogP contribution in [0.1, 0.15) is 0 Å². The van der Waals surface area contributed by atoms with Crippen LogP contribution in [0.2, 0.25) is 5.02 Å². The van der Waals surface area contributed by atoms with E-state index in [2.05, 4.69) is 0 Å². The molecule has 0 aliphatic carbocycles. The second-order valence-electron chi connectivity index (χ2n) is 3.63. The number of H-pyrrole nitrogens is 1. The number of aromatic hydroxyl groups is 1. The molecule has 10 heteroatoms. The van der Waals surface area contributed by atoms with Gasteiger partial charge in [-0.2, -0.15) is 4.39 Å². The highest BCUT2D eigenvalue weighted by molar-refractivity contribution is 6.32. The highest BCUT2D eigenvalue weighted by atomic mass is 35.5. The molecule has 1 aromatic carbocycles. The molecule has 8 nitrogen and oxygen atoms in total. The van der Waals surface area contributed by atoms with E-state index in [1.165, 1.54) is 0 Å². The molecule has 0 fully saturated rings. The van der Waals surface area contributed by atoms with Crippen LogP contribution in [0.4, 0.5) is 10.1 Å². The van der Waals surface area contributed by atoms with E-state index in [-0.39, 0.29) is 10.7 Å². The molecule has 0 aliphatic heterocycles. The first-order valence-corrected chi connectivity index (χ1v) is 5.39. The second kappa shape index (κ2) is 4.78. The normalized spacial score (nSPS) is 10.5. The standard InChI is InChI=1S/C10H5ClFN3O5/c11-5-2-1-4(15(19)20)3-6(5)14-9(17)7(12)8(16)13-10(14)18/h1-3,17H,(H,13,16,18). The number of non-ortho nitro benzene ring substituents is 1. The van der Waals surface area contributed by atoms with E-state index in [0.29, 0.717) is 4.57 Å². The summed E-state index contributed by atoms with van der Waals surface area (Å²) in [4.78, 5) is 34.1. The Morgan fingerprint density at radius 1 is 1.40 bits per heavy atom. The van der Waals surface area contributed by atoms with Gasteiger partial charge in [0.1, 0.15) is 0 Å². The number of aromatic amines is 1. The Labute approximate surface area is 113 Å². The van der Waals surface area contributed by atoms with Crippen molar-refractivity contribution in [2.75, 3.05) is 0 Å². The minimum Gasteiger partial charge on any atom is -0.492 e. The summed E-state index contributed by atoms with van der Waals surface area (Å²) in [6.45, 7) is 0. The van der Waals surface area contributed by atoms with Crippen LogP contribution in [0.3, 0.4) is 0 Å². The fourth-order valence-corrected chi connectivity index (χ4v) is 1.72. The molecule has 0 unspecified atom stereocenters. The maximum Gasteiger partial charge on any atom is 0.335 e. The lowest BCUT2D eigenvalue weighted by atomic mass is 10.2. The lowest BCUT2D eigenvalue weighted by Crippen LogP contribution is -2.31. The van der Waals surface area contributed by atoms with Crippen molar-refractivity contribution in [3.8, 4) is 11.6 Å². The van der Waals surface area contributed by atoms with E-state index in [1.807, 2.05) is 0 Å². The average molecular weight is 302 g/mol. The molecular weight excluding hydrogens is 297 g/mol. The Morgan fingerprint density at radius 3 is 2.65 bits per heavy atom. The zero-order chi connectivity index (χ0) is 15.0.